The van der Waals surface area contributed by atoms with Crippen LogP contribution >= 0.6 is 11.6 Å². The van der Waals surface area contributed by atoms with Gasteiger partial charge in [0.25, 0.3) is 0 Å². The predicted octanol–water partition coefficient (Wildman–Crippen LogP) is 2.10. The summed E-state index contributed by atoms with van der Waals surface area (Å²) in [7, 11) is -3.51. The van der Waals surface area contributed by atoms with Crippen LogP contribution in [0.1, 0.15) is 13.3 Å². The molecule has 6 heteroatoms. The summed E-state index contributed by atoms with van der Waals surface area (Å²) in [5.74, 6) is 0. The molecule has 0 spiro atoms. The van der Waals surface area contributed by atoms with Crippen molar-refractivity contribution in [1.29, 1.82) is 0 Å². The van der Waals surface area contributed by atoms with Crippen molar-refractivity contribution in [3.63, 3.8) is 0 Å². The lowest BCUT2D eigenvalue weighted by molar-refractivity contribution is -0.0410. The maximum absolute atomic E-state index is 12.3. The van der Waals surface area contributed by atoms with Gasteiger partial charge in [-0.2, -0.15) is 4.31 Å². The lowest BCUT2D eigenvalue weighted by atomic mass is 10.4. The average molecular weight is 276 g/mol. The molecule has 4 nitrogen and oxygen atoms in total. The van der Waals surface area contributed by atoms with Crippen molar-refractivity contribution < 1.29 is 13.2 Å². The number of nitrogens with zero attached hydrogens (tertiary/aromatic N) is 1. The number of hydrogen-bond acceptors (Lipinski definition) is 3. The molecule has 1 aromatic rings. The first-order valence-electron chi connectivity index (χ1n) is 5.41. The second kappa shape index (κ2) is 4.94. The second-order valence-corrected chi connectivity index (χ2v) is 6.22. The van der Waals surface area contributed by atoms with Crippen molar-refractivity contribution in [1.82, 2.24) is 4.31 Å². The Morgan fingerprint density at radius 3 is 2.88 bits per heavy atom. The molecule has 0 saturated carbocycles. The van der Waals surface area contributed by atoms with Crippen LogP contribution in [0.25, 0.3) is 0 Å². The zero-order chi connectivity index (χ0) is 12.5. The van der Waals surface area contributed by atoms with Gasteiger partial charge in [-0.15, -0.1) is 0 Å². The molecule has 0 N–H and O–H groups in total. The van der Waals surface area contributed by atoms with Crippen molar-refractivity contribution in [2.75, 3.05) is 13.2 Å². The Balaban J connectivity index is 2.35. The highest BCUT2D eigenvalue weighted by molar-refractivity contribution is 7.89. The smallest absolute Gasteiger partial charge is 0.245 e. The zero-order valence-electron chi connectivity index (χ0n) is 9.47. The molecular weight excluding hydrogens is 262 g/mol. The quantitative estimate of drug-likeness (QED) is 0.830. The molecule has 1 heterocycles. The molecule has 0 bridgehead atoms. The molecule has 1 aliphatic heterocycles. The van der Waals surface area contributed by atoms with Crippen molar-refractivity contribution in [3.05, 3.63) is 29.3 Å². The van der Waals surface area contributed by atoms with Crippen LogP contribution in [0.5, 0.6) is 0 Å². The van der Waals surface area contributed by atoms with Gasteiger partial charge < -0.3 is 4.74 Å². The number of ether oxygens (including phenoxy) is 1. The van der Waals surface area contributed by atoms with Crippen LogP contribution in [-0.2, 0) is 14.8 Å². The minimum absolute atomic E-state index is 0.211. The number of hydrogen-bond donors (Lipinski definition) is 0. The van der Waals surface area contributed by atoms with Gasteiger partial charge in [0, 0.05) is 18.2 Å². The molecule has 0 amide bonds. The lowest BCUT2D eigenvalue weighted by Gasteiger charge is -2.32. The van der Waals surface area contributed by atoms with E-state index in [2.05, 4.69) is 0 Å². The van der Waals surface area contributed by atoms with Gasteiger partial charge in [-0.25, -0.2) is 8.42 Å². The first-order chi connectivity index (χ1) is 8.01. The standard InChI is InChI=1S/C11H14ClNO3S/c1-9-13(6-3-7-16-9)17(14,15)11-5-2-4-10(12)8-11/h2,4-5,8-9H,3,6-7H2,1H3. The van der Waals surface area contributed by atoms with Crippen LogP contribution in [0.3, 0.4) is 0 Å². The normalized spacial score (nSPS) is 22.6. The number of halogens is 1. The summed E-state index contributed by atoms with van der Waals surface area (Å²) in [5, 5.41) is 0.414. The highest BCUT2D eigenvalue weighted by Crippen LogP contribution is 2.23. The van der Waals surface area contributed by atoms with E-state index in [9.17, 15) is 8.42 Å². The topological polar surface area (TPSA) is 46.6 Å². The summed E-state index contributed by atoms with van der Waals surface area (Å²) < 4.78 is 31.4. The van der Waals surface area contributed by atoms with Gasteiger partial charge in [0.05, 0.1) is 4.90 Å². The third kappa shape index (κ3) is 2.63. The van der Waals surface area contributed by atoms with E-state index in [4.69, 9.17) is 16.3 Å². The minimum Gasteiger partial charge on any atom is -0.362 e. The Kier molecular flexibility index (Phi) is 3.73. The van der Waals surface area contributed by atoms with E-state index in [1.54, 1.807) is 25.1 Å². The van der Waals surface area contributed by atoms with Crippen molar-refractivity contribution in [2.45, 2.75) is 24.5 Å². The lowest BCUT2D eigenvalue weighted by Crippen LogP contribution is -2.44. The third-order valence-electron chi connectivity index (χ3n) is 2.69. The van der Waals surface area contributed by atoms with E-state index in [1.807, 2.05) is 0 Å². The SMILES string of the molecule is CC1OCCCN1S(=O)(=O)c1cccc(Cl)c1. The molecule has 1 unspecified atom stereocenters. The van der Waals surface area contributed by atoms with Crippen LogP contribution in [0.15, 0.2) is 29.2 Å². The zero-order valence-corrected chi connectivity index (χ0v) is 11.0. The highest BCUT2D eigenvalue weighted by atomic mass is 35.5. The van der Waals surface area contributed by atoms with Crippen molar-refractivity contribution in [3.8, 4) is 0 Å². The molecule has 0 aliphatic carbocycles. The Labute approximate surface area is 106 Å². The summed E-state index contributed by atoms with van der Waals surface area (Å²) in [6.45, 7) is 2.82. The van der Waals surface area contributed by atoms with Crippen LogP contribution in [0, 0.1) is 0 Å². The maximum Gasteiger partial charge on any atom is 0.245 e. The van der Waals surface area contributed by atoms with Crippen LogP contribution in [0.4, 0.5) is 0 Å². The monoisotopic (exact) mass is 275 g/mol. The van der Waals surface area contributed by atoms with Crippen molar-refractivity contribution >= 4 is 21.6 Å². The molecule has 1 fully saturated rings. The summed E-state index contributed by atoms with van der Waals surface area (Å²) in [5.41, 5.74) is 0. The second-order valence-electron chi connectivity index (χ2n) is 3.90. The van der Waals surface area contributed by atoms with Crippen LogP contribution < -0.4 is 0 Å². The van der Waals surface area contributed by atoms with E-state index in [1.165, 1.54) is 10.4 Å². The van der Waals surface area contributed by atoms with Gasteiger partial charge >= 0.3 is 0 Å². The third-order valence-corrected chi connectivity index (χ3v) is 4.87. The van der Waals surface area contributed by atoms with Gasteiger partial charge in [0.1, 0.15) is 6.23 Å². The molecule has 0 aromatic heterocycles. The summed E-state index contributed by atoms with van der Waals surface area (Å²) in [4.78, 5) is 0.211. The Morgan fingerprint density at radius 1 is 1.47 bits per heavy atom. The molecule has 1 aliphatic rings. The van der Waals surface area contributed by atoms with Gasteiger partial charge in [0.15, 0.2) is 0 Å². The van der Waals surface area contributed by atoms with Crippen LogP contribution in [-0.4, -0.2) is 32.1 Å². The number of rotatable bonds is 2. The Hall–Kier alpha value is -0.620. The average Bonchev–Trinajstić information content (AvgIpc) is 2.29. The highest BCUT2D eigenvalue weighted by Gasteiger charge is 2.31. The Morgan fingerprint density at radius 2 is 2.24 bits per heavy atom. The van der Waals surface area contributed by atoms with Gasteiger partial charge in [-0.3, -0.25) is 0 Å². The number of sulfonamides is 1. The summed E-state index contributed by atoms with van der Waals surface area (Å²) in [6, 6.07) is 6.28. The van der Waals surface area contributed by atoms with E-state index in [0.29, 0.717) is 24.6 Å². The first kappa shape index (κ1) is 12.8. The predicted molar refractivity (Wildman–Crippen MR) is 65.4 cm³/mol. The van der Waals surface area contributed by atoms with Crippen molar-refractivity contribution in [2.24, 2.45) is 0 Å². The molecule has 17 heavy (non-hydrogen) atoms. The van der Waals surface area contributed by atoms with Gasteiger partial charge in [-0.1, -0.05) is 17.7 Å². The molecule has 1 aromatic carbocycles. The number of benzene rings is 1. The first-order valence-corrected chi connectivity index (χ1v) is 7.22. The van der Waals surface area contributed by atoms with E-state index in [0.717, 1.165) is 0 Å². The molecule has 0 radical (unpaired) electrons. The Bertz CT molecular complexity index is 503. The van der Waals surface area contributed by atoms with Gasteiger partial charge in [0.2, 0.25) is 10.0 Å². The minimum atomic E-state index is -3.51. The fourth-order valence-electron chi connectivity index (χ4n) is 1.82. The van der Waals surface area contributed by atoms with E-state index in [-0.39, 0.29) is 4.90 Å². The fourth-order valence-corrected chi connectivity index (χ4v) is 3.69. The summed E-state index contributed by atoms with van der Waals surface area (Å²) in [6.07, 6.45) is 0.289. The molecule has 94 valence electrons. The van der Waals surface area contributed by atoms with Crippen LogP contribution in [0.2, 0.25) is 5.02 Å². The maximum atomic E-state index is 12.3. The van der Waals surface area contributed by atoms with Gasteiger partial charge in [-0.05, 0) is 31.5 Å². The largest absolute Gasteiger partial charge is 0.362 e. The molecule has 1 atom stereocenters. The van der Waals surface area contributed by atoms with E-state index < -0.39 is 16.3 Å². The molecule has 1 saturated heterocycles. The summed E-state index contributed by atoms with van der Waals surface area (Å²) >= 11 is 5.81. The fraction of sp³-hybridized carbons (Fsp3) is 0.455. The molecule has 2 rings (SSSR count). The van der Waals surface area contributed by atoms with E-state index >= 15 is 0 Å². The molecular formula is C11H14ClNO3S.